The maximum absolute atomic E-state index is 12.7. The zero-order valence-corrected chi connectivity index (χ0v) is 17.1. The number of methoxy groups -OCH3 is 1. The Kier molecular flexibility index (Phi) is 5.13. The van der Waals surface area contributed by atoms with Crippen LogP contribution < -0.4 is 4.74 Å². The molecule has 158 valence electrons. The van der Waals surface area contributed by atoms with Crippen molar-refractivity contribution in [1.29, 1.82) is 0 Å². The predicted molar refractivity (Wildman–Crippen MR) is 113 cm³/mol. The van der Waals surface area contributed by atoms with Crippen molar-refractivity contribution in [2.24, 2.45) is 0 Å². The molecule has 0 atom stereocenters. The van der Waals surface area contributed by atoms with Crippen LogP contribution >= 0.6 is 0 Å². The predicted octanol–water partition coefficient (Wildman–Crippen LogP) is 3.21. The van der Waals surface area contributed by atoms with E-state index in [-0.39, 0.29) is 31.3 Å². The van der Waals surface area contributed by atoms with Crippen LogP contribution in [0, 0.1) is 0 Å². The van der Waals surface area contributed by atoms with E-state index in [1.165, 1.54) is 4.90 Å². The third-order valence-corrected chi connectivity index (χ3v) is 5.83. The number of hydrogen-bond acceptors (Lipinski definition) is 6. The van der Waals surface area contributed by atoms with E-state index in [0.717, 1.165) is 28.6 Å². The molecule has 7 nitrogen and oxygen atoms in total. The fourth-order valence-corrected chi connectivity index (χ4v) is 4.19. The van der Waals surface area contributed by atoms with Crippen molar-refractivity contribution in [3.63, 3.8) is 0 Å². The van der Waals surface area contributed by atoms with Crippen LogP contribution in [0.4, 0.5) is 0 Å². The average molecular weight is 418 g/mol. The third kappa shape index (κ3) is 3.56. The van der Waals surface area contributed by atoms with Crippen LogP contribution in [0.1, 0.15) is 32.7 Å². The van der Waals surface area contributed by atoms with Gasteiger partial charge < -0.3 is 14.2 Å². The van der Waals surface area contributed by atoms with Crippen molar-refractivity contribution in [1.82, 2.24) is 9.88 Å². The van der Waals surface area contributed by atoms with Crippen molar-refractivity contribution in [3.05, 3.63) is 71.4 Å². The van der Waals surface area contributed by atoms with E-state index in [2.05, 4.69) is 4.98 Å². The van der Waals surface area contributed by atoms with Gasteiger partial charge in [-0.3, -0.25) is 19.5 Å². The van der Waals surface area contributed by atoms with Gasteiger partial charge in [0.1, 0.15) is 5.75 Å². The van der Waals surface area contributed by atoms with E-state index < -0.39 is 6.04 Å². The minimum Gasteiger partial charge on any atom is -0.497 e. The Morgan fingerprint density at radius 2 is 1.74 bits per heavy atom. The van der Waals surface area contributed by atoms with E-state index in [9.17, 15) is 9.59 Å². The van der Waals surface area contributed by atoms with Crippen molar-refractivity contribution in [3.8, 4) is 5.75 Å². The molecule has 0 spiro atoms. The van der Waals surface area contributed by atoms with E-state index in [4.69, 9.17) is 14.2 Å². The average Bonchev–Trinajstić information content (AvgIpc) is 3.08. The largest absolute Gasteiger partial charge is 0.497 e. The van der Waals surface area contributed by atoms with Gasteiger partial charge in [0.15, 0.2) is 6.29 Å². The number of ether oxygens (including phenoxy) is 3. The van der Waals surface area contributed by atoms with Crippen LogP contribution in [-0.2, 0) is 15.9 Å². The second-order valence-corrected chi connectivity index (χ2v) is 7.67. The smallest absolute Gasteiger partial charge is 0.261 e. The number of hydrogen-bond donors (Lipinski definition) is 0. The standard InChI is InChI=1S/C24H22N2O5/c1-29-17-7-8-21-20(12-17)15(10-11-25-21)6-9-22-30-13-16(14-31-22)26-23(27)18-4-2-3-5-19(18)24(26)28/h2-5,7-8,10-12,16,22H,6,9,13-14H2,1H3/t16-,22-. The molecule has 0 aliphatic carbocycles. The van der Waals surface area contributed by atoms with Crippen LogP contribution in [0.3, 0.4) is 0 Å². The topological polar surface area (TPSA) is 78.0 Å². The maximum Gasteiger partial charge on any atom is 0.261 e. The summed E-state index contributed by atoms with van der Waals surface area (Å²) in [6.45, 7) is 0.530. The van der Waals surface area contributed by atoms with E-state index in [1.807, 2.05) is 24.3 Å². The number of aryl methyl sites for hydroxylation is 1. The number of benzene rings is 2. The highest BCUT2D eigenvalue weighted by Gasteiger charge is 2.41. The summed E-state index contributed by atoms with van der Waals surface area (Å²) in [5.74, 6) is 0.220. The fraction of sp³-hybridized carbons (Fsp3) is 0.292. The lowest BCUT2D eigenvalue weighted by Crippen LogP contribution is -2.49. The van der Waals surface area contributed by atoms with Gasteiger partial charge in [-0.1, -0.05) is 12.1 Å². The molecule has 0 N–H and O–H groups in total. The zero-order chi connectivity index (χ0) is 21.4. The summed E-state index contributed by atoms with van der Waals surface area (Å²) < 4.78 is 17.1. The lowest BCUT2D eigenvalue weighted by Gasteiger charge is -2.33. The number of amides is 2. The van der Waals surface area contributed by atoms with Crippen LogP contribution in [0.5, 0.6) is 5.75 Å². The molecule has 7 heteroatoms. The molecule has 0 bridgehead atoms. The number of pyridine rings is 1. The van der Waals surface area contributed by atoms with E-state index >= 15 is 0 Å². The molecule has 1 saturated heterocycles. The fourth-order valence-electron chi connectivity index (χ4n) is 4.19. The van der Waals surface area contributed by atoms with Gasteiger partial charge in [-0.25, -0.2) is 0 Å². The first kappa shape index (κ1) is 19.7. The summed E-state index contributed by atoms with van der Waals surface area (Å²) in [5, 5.41) is 1.04. The number of nitrogens with zero attached hydrogens (tertiary/aromatic N) is 2. The van der Waals surface area contributed by atoms with Gasteiger partial charge in [0.25, 0.3) is 11.8 Å². The minimum absolute atomic E-state index is 0.265. The molecule has 0 unspecified atom stereocenters. The highest BCUT2D eigenvalue weighted by atomic mass is 16.7. The molecule has 3 aromatic rings. The second kappa shape index (κ2) is 8.09. The molecule has 0 radical (unpaired) electrons. The number of rotatable bonds is 5. The summed E-state index contributed by atoms with van der Waals surface area (Å²) in [7, 11) is 1.64. The summed E-state index contributed by atoms with van der Waals surface area (Å²) >= 11 is 0. The van der Waals surface area contributed by atoms with Crippen molar-refractivity contribution in [2.75, 3.05) is 20.3 Å². The zero-order valence-electron chi connectivity index (χ0n) is 17.1. The molecule has 2 aromatic carbocycles. The lowest BCUT2D eigenvalue weighted by atomic mass is 10.0. The van der Waals surface area contributed by atoms with Crippen molar-refractivity contribution in [2.45, 2.75) is 25.2 Å². The van der Waals surface area contributed by atoms with Gasteiger partial charge in [-0.2, -0.15) is 0 Å². The van der Waals surface area contributed by atoms with Crippen LogP contribution in [0.25, 0.3) is 10.9 Å². The lowest BCUT2D eigenvalue weighted by molar-refractivity contribution is -0.199. The normalized spacial score (nSPS) is 20.9. The molecule has 2 aliphatic rings. The van der Waals surface area contributed by atoms with Gasteiger partial charge in [-0.15, -0.1) is 0 Å². The molecule has 1 fully saturated rings. The summed E-state index contributed by atoms with van der Waals surface area (Å²) in [4.78, 5) is 31.0. The first-order valence-corrected chi connectivity index (χ1v) is 10.3. The molecule has 31 heavy (non-hydrogen) atoms. The summed E-state index contributed by atoms with van der Waals surface area (Å²) in [6.07, 6.45) is 2.81. The first-order valence-electron chi connectivity index (χ1n) is 10.3. The van der Waals surface area contributed by atoms with E-state index in [0.29, 0.717) is 17.5 Å². The Balaban J connectivity index is 1.22. The van der Waals surface area contributed by atoms with Gasteiger partial charge in [0, 0.05) is 18.0 Å². The Labute approximate surface area is 179 Å². The highest BCUT2D eigenvalue weighted by Crippen LogP contribution is 2.28. The van der Waals surface area contributed by atoms with Crippen LogP contribution in [0.15, 0.2) is 54.7 Å². The van der Waals surface area contributed by atoms with E-state index in [1.54, 1.807) is 37.6 Å². The minimum atomic E-state index is -0.422. The van der Waals surface area contributed by atoms with Crippen molar-refractivity contribution < 1.29 is 23.8 Å². The van der Waals surface area contributed by atoms with Gasteiger partial charge in [0.2, 0.25) is 0 Å². The van der Waals surface area contributed by atoms with Gasteiger partial charge in [0.05, 0.1) is 43.0 Å². The Morgan fingerprint density at radius 3 is 2.42 bits per heavy atom. The maximum atomic E-state index is 12.7. The summed E-state index contributed by atoms with van der Waals surface area (Å²) in [6, 6.07) is 14.3. The molecular weight excluding hydrogens is 396 g/mol. The number of carbonyl (C=O) groups excluding carboxylic acids is 2. The highest BCUT2D eigenvalue weighted by molar-refractivity contribution is 6.21. The summed E-state index contributed by atoms with van der Waals surface area (Å²) in [5.41, 5.74) is 2.93. The SMILES string of the molecule is COc1ccc2nccc(CC[C@H]3OC[C@H](N4C(=O)c5ccccc5C4=O)CO3)c2c1. The quantitative estimate of drug-likeness (QED) is 0.592. The molecule has 2 amide bonds. The number of aromatic nitrogens is 1. The van der Waals surface area contributed by atoms with Crippen molar-refractivity contribution >= 4 is 22.7 Å². The van der Waals surface area contributed by atoms with Crippen LogP contribution in [0.2, 0.25) is 0 Å². The molecular formula is C24H22N2O5. The Hall–Kier alpha value is -3.29. The first-order chi connectivity index (χ1) is 15.2. The second-order valence-electron chi connectivity index (χ2n) is 7.67. The Morgan fingerprint density at radius 1 is 1.03 bits per heavy atom. The molecule has 2 aliphatic heterocycles. The van der Waals surface area contributed by atoms with Gasteiger partial charge >= 0.3 is 0 Å². The molecule has 3 heterocycles. The van der Waals surface area contributed by atoms with Crippen LogP contribution in [-0.4, -0.2) is 54.4 Å². The molecule has 0 saturated carbocycles. The number of fused-ring (bicyclic) bond motifs is 2. The Bertz CT molecular complexity index is 1120. The molecule has 1 aromatic heterocycles. The number of imide groups is 1. The molecule has 5 rings (SSSR count). The monoisotopic (exact) mass is 418 g/mol. The third-order valence-electron chi connectivity index (χ3n) is 5.83. The van der Waals surface area contributed by atoms with Gasteiger partial charge in [-0.05, 0) is 48.4 Å². The number of carbonyl (C=O) groups is 2.